The summed E-state index contributed by atoms with van der Waals surface area (Å²) in [5, 5.41) is 14.2. The van der Waals surface area contributed by atoms with Gasteiger partial charge in [-0.25, -0.2) is 0 Å². The quantitative estimate of drug-likeness (QED) is 0.658. The van der Waals surface area contributed by atoms with Crippen molar-refractivity contribution in [2.24, 2.45) is 0 Å². The topological polar surface area (TPSA) is 20.2 Å². The zero-order chi connectivity index (χ0) is 11.7. The molecule has 0 aliphatic rings. The van der Waals surface area contributed by atoms with E-state index < -0.39 is 0 Å². The van der Waals surface area contributed by atoms with Gasteiger partial charge in [0.25, 0.3) is 0 Å². The molecule has 3 aromatic carbocycles. The fourth-order valence-corrected chi connectivity index (χ4v) is 2.46. The molecule has 0 saturated carbocycles. The molecule has 0 heterocycles. The van der Waals surface area contributed by atoms with Crippen LogP contribution in [0.1, 0.15) is 5.56 Å². The molecule has 0 radical (unpaired) electrons. The highest BCUT2D eigenvalue weighted by molar-refractivity contribution is 6.08. The van der Waals surface area contributed by atoms with E-state index in [2.05, 4.69) is 54.6 Å². The number of benzene rings is 3. The third kappa shape index (κ3) is 1.69. The molecule has 0 saturated heterocycles. The molecule has 3 aromatic rings. The van der Waals surface area contributed by atoms with Gasteiger partial charge in [0.1, 0.15) is 0 Å². The van der Waals surface area contributed by atoms with Gasteiger partial charge in [0, 0.05) is 6.61 Å². The largest absolute Gasteiger partial charge is 0.396 e. The molecule has 0 fully saturated rings. The highest BCUT2D eigenvalue weighted by Gasteiger charge is 2.04. The molecule has 0 aliphatic carbocycles. The Bertz CT molecular complexity index is 670. The van der Waals surface area contributed by atoms with E-state index in [1.807, 2.05) is 0 Å². The Balaban J connectivity index is 2.45. The highest BCUT2D eigenvalue weighted by atomic mass is 16.2. The molecule has 1 N–H and O–H groups in total. The Morgan fingerprint density at radius 1 is 0.765 bits per heavy atom. The van der Waals surface area contributed by atoms with Gasteiger partial charge in [0.15, 0.2) is 0 Å². The fourth-order valence-electron chi connectivity index (χ4n) is 2.46. The van der Waals surface area contributed by atoms with E-state index in [-0.39, 0.29) is 6.61 Å². The summed E-state index contributed by atoms with van der Waals surface area (Å²) in [4.78, 5) is 0. The number of aliphatic hydroxyl groups is 1. The summed E-state index contributed by atoms with van der Waals surface area (Å²) in [6, 6.07) is 19.0. The van der Waals surface area contributed by atoms with Gasteiger partial charge in [-0.1, -0.05) is 54.6 Å². The Kier molecular flexibility index (Phi) is 2.54. The lowest BCUT2D eigenvalue weighted by Gasteiger charge is -2.09. The normalized spacial score (nSPS) is 11.1. The van der Waals surface area contributed by atoms with Crippen LogP contribution in [0.25, 0.3) is 21.5 Å². The molecule has 0 atom stereocenters. The molecular weight excluding hydrogens is 208 g/mol. The first kappa shape index (κ1) is 10.3. The fraction of sp³-hybridized carbons (Fsp3) is 0.125. The van der Waals surface area contributed by atoms with Crippen LogP contribution < -0.4 is 0 Å². The lowest BCUT2D eigenvalue weighted by atomic mass is 9.96. The molecule has 0 aromatic heterocycles. The summed E-state index contributed by atoms with van der Waals surface area (Å²) < 4.78 is 0. The van der Waals surface area contributed by atoms with Crippen molar-refractivity contribution in [3.8, 4) is 0 Å². The first-order chi connectivity index (χ1) is 8.40. The highest BCUT2D eigenvalue weighted by Crippen LogP contribution is 2.28. The van der Waals surface area contributed by atoms with Crippen molar-refractivity contribution < 1.29 is 5.11 Å². The average molecular weight is 222 g/mol. The number of hydrogen-bond acceptors (Lipinski definition) is 1. The van der Waals surface area contributed by atoms with Crippen LogP contribution in [0.5, 0.6) is 0 Å². The van der Waals surface area contributed by atoms with Crippen molar-refractivity contribution >= 4 is 21.5 Å². The Hall–Kier alpha value is -1.86. The standard InChI is InChI=1S/C16H14O/c17-10-9-13-11-12-5-1-2-6-14(12)16-8-4-3-7-15(13)16/h1-8,11,17H,9-10H2. The maximum Gasteiger partial charge on any atom is 0.0471 e. The maximum atomic E-state index is 9.15. The maximum absolute atomic E-state index is 9.15. The minimum atomic E-state index is 0.197. The lowest BCUT2D eigenvalue weighted by Crippen LogP contribution is -1.92. The van der Waals surface area contributed by atoms with Crippen LogP contribution in [0.4, 0.5) is 0 Å². The van der Waals surface area contributed by atoms with E-state index in [1.165, 1.54) is 27.1 Å². The first-order valence-electron chi connectivity index (χ1n) is 5.90. The van der Waals surface area contributed by atoms with E-state index in [0.29, 0.717) is 6.42 Å². The van der Waals surface area contributed by atoms with E-state index in [9.17, 15) is 0 Å². The molecule has 0 spiro atoms. The second kappa shape index (κ2) is 4.19. The summed E-state index contributed by atoms with van der Waals surface area (Å²) in [6.45, 7) is 0.197. The minimum Gasteiger partial charge on any atom is -0.396 e. The number of hydrogen-bond donors (Lipinski definition) is 1. The van der Waals surface area contributed by atoms with Crippen molar-refractivity contribution in [3.63, 3.8) is 0 Å². The summed E-state index contributed by atoms with van der Waals surface area (Å²) in [5.74, 6) is 0. The summed E-state index contributed by atoms with van der Waals surface area (Å²) in [5.41, 5.74) is 1.22. The number of rotatable bonds is 2. The Morgan fingerprint density at radius 3 is 2.18 bits per heavy atom. The van der Waals surface area contributed by atoms with E-state index in [1.54, 1.807) is 0 Å². The molecular formula is C16H14O. The number of aliphatic hydroxyl groups excluding tert-OH is 1. The number of fused-ring (bicyclic) bond motifs is 3. The third-order valence-corrected chi connectivity index (χ3v) is 3.23. The smallest absolute Gasteiger partial charge is 0.0471 e. The Morgan fingerprint density at radius 2 is 1.41 bits per heavy atom. The molecule has 0 bridgehead atoms. The molecule has 0 unspecified atom stereocenters. The first-order valence-corrected chi connectivity index (χ1v) is 5.90. The van der Waals surface area contributed by atoms with Crippen LogP contribution in [-0.4, -0.2) is 11.7 Å². The van der Waals surface area contributed by atoms with Crippen molar-refractivity contribution in [1.82, 2.24) is 0 Å². The SMILES string of the molecule is OCCc1cc2ccccc2c2ccccc12. The van der Waals surface area contributed by atoms with Crippen LogP contribution in [0.2, 0.25) is 0 Å². The van der Waals surface area contributed by atoms with E-state index in [4.69, 9.17) is 5.11 Å². The van der Waals surface area contributed by atoms with Gasteiger partial charge < -0.3 is 5.11 Å². The van der Waals surface area contributed by atoms with Crippen molar-refractivity contribution in [1.29, 1.82) is 0 Å². The summed E-state index contributed by atoms with van der Waals surface area (Å²) in [7, 11) is 0. The Labute approximate surface area is 100 Å². The van der Waals surface area contributed by atoms with E-state index >= 15 is 0 Å². The molecule has 1 nitrogen and oxygen atoms in total. The van der Waals surface area contributed by atoms with Crippen LogP contribution in [-0.2, 0) is 6.42 Å². The van der Waals surface area contributed by atoms with Gasteiger partial charge in [-0.2, -0.15) is 0 Å². The van der Waals surface area contributed by atoms with Gasteiger partial charge in [0.05, 0.1) is 0 Å². The van der Waals surface area contributed by atoms with Crippen LogP contribution >= 0.6 is 0 Å². The lowest BCUT2D eigenvalue weighted by molar-refractivity contribution is 0.300. The summed E-state index contributed by atoms with van der Waals surface area (Å²) >= 11 is 0. The van der Waals surface area contributed by atoms with Crippen molar-refractivity contribution in [2.45, 2.75) is 6.42 Å². The van der Waals surface area contributed by atoms with Crippen LogP contribution in [0.15, 0.2) is 54.6 Å². The zero-order valence-electron chi connectivity index (χ0n) is 9.56. The third-order valence-electron chi connectivity index (χ3n) is 3.23. The molecule has 0 aliphatic heterocycles. The van der Waals surface area contributed by atoms with Gasteiger partial charge in [-0.15, -0.1) is 0 Å². The zero-order valence-corrected chi connectivity index (χ0v) is 9.56. The molecule has 84 valence electrons. The molecule has 0 amide bonds. The molecule has 3 rings (SSSR count). The predicted octanol–water partition coefficient (Wildman–Crippen LogP) is 3.53. The van der Waals surface area contributed by atoms with Crippen molar-refractivity contribution in [3.05, 3.63) is 60.2 Å². The van der Waals surface area contributed by atoms with E-state index in [0.717, 1.165) is 0 Å². The molecule has 17 heavy (non-hydrogen) atoms. The second-order valence-corrected chi connectivity index (χ2v) is 4.28. The molecule has 1 heteroatoms. The summed E-state index contributed by atoms with van der Waals surface area (Å²) in [6.07, 6.45) is 0.714. The minimum absolute atomic E-state index is 0.197. The predicted molar refractivity (Wildman–Crippen MR) is 72.2 cm³/mol. The monoisotopic (exact) mass is 222 g/mol. The van der Waals surface area contributed by atoms with Gasteiger partial charge >= 0.3 is 0 Å². The van der Waals surface area contributed by atoms with Gasteiger partial charge in [-0.05, 0) is 33.5 Å². The second-order valence-electron chi connectivity index (χ2n) is 4.28. The van der Waals surface area contributed by atoms with Gasteiger partial charge in [-0.3, -0.25) is 0 Å². The van der Waals surface area contributed by atoms with Gasteiger partial charge in [0.2, 0.25) is 0 Å². The van der Waals surface area contributed by atoms with Crippen LogP contribution in [0.3, 0.4) is 0 Å². The van der Waals surface area contributed by atoms with Crippen molar-refractivity contribution in [2.75, 3.05) is 6.61 Å². The van der Waals surface area contributed by atoms with Crippen LogP contribution in [0, 0.1) is 0 Å². The average Bonchev–Trinajstić information content (AvgIpc) is 2.39.